The van der Waals surface area contributed by atoms with Crippen LogP contribution in [0.15, 0.2) is 42.6 Å². The molecule has 5 heteroatoms. The summed E-state index contributed by atoms with van der Waals surface area (Å²) in [6, 6.07) is 11.3. The lowest BCUT2D eigenvalue weighted by atomic mass is 9.97. The maximum Gasteiger partial charge on any atom is 0.256 e. The molecule has 1 amide bonds. The lowest BCUT2D eigenvalue weighted by Crippen LogP contribution is -2.49. The van der Waals surface area contributed by atoms with Gasteiger partial charge in [0, 0.05) is 18.4 Å². The zero-order valence-electron chi connectivity index (χ0n) is 14.0. The van der Waals surface area contributed by atoms with E-state index in [1.54, 1.807) is 11.1 Å². The normalized spacial score (nSPS) is 20.9. The predicted octanol–water partition coefficient (Wildman–Crippen LogP) is 2.27. The van der Waals surface area contributed by atoms with Gasteiger partial charge in [0.2, 0.25) is 0 Å². The highest BCUT2D eigenvalue weighted by molar-refractivity contribution is 5.94. The van der Waals surface area contributed by atoms with Crippen molar-refractivity contribution >= 4 is 5.91 Å². The minimum Gasteiger partial charge on any atom is -0.394 e. The van der Waals surface area contributed by atoms with Crippen LogP contribution in [0.5, 0.6) is 0 Å². The fourth-order valence-corrected chi connectivity index (χ4v) is 3.08. The van der Waals surface area contributed by atoms with Crippen LogP contribution in [0.4, 0.5) is 0 Å². The molecule has 0 unspecified atom stereocenters. The second-order valence-corrected chi connectivity index (χ2v) is 6.07. The molecule has 0 bridgehead atoms. The number of hydrogen-bond acceptors (Lipinski definition) is 4. The highest BCUT2D eigenvalue weighted by Gasteiger charge is 2.36. The molecule has 126 valence electrons. The SMILES string of the molecule is Cc1cc(C(=O)N2CCO[C@H](CO)[C@H]2c2ccccc2)cnc1C. The Kier molecular flexibility index (Phi) is 4.92. The van der Waals surface area contributed by atoms with Crippen LogP contribution in [0, 0.1) is 13.8 Å². The lowest BCUT2D eigenvalue weighted by Gasteiger charge is -2.41. The van der Waals surface area contributed by atoms with Crippen LogP contribution in [-0.4, -0.2) is 46.8 Å². The highest BCUT2D eigenvalue weighted by Crippen LogP contribution is 2.30. The first-order valence-corrected chi connectivity index (χ1v) is 8.13. The molecular weight excluding hydrogens is 304 g/mol. The Morgan fingerprint density at radius 3 is 2.75 bits per heavy atom. The molecule has 0 saturated carbocycles. The Morgan fingerprint density at radius 2 is 2.08 bits per heavy atom. The van der Waals surface area contributed by atoms with Crippen molar-refractivity contribution in [1.82, 2.24) is 9.88 Å². The van der Waals surface area contributed by atoms with E-state index >= 15 is 0 Å². The number of carbonyl (C=O) groups excluding carboxylic acids is 1. The van der Waals surface area contributed by atoms with Gasteiger partial charge < -0.3 is 14.7 Å². The van der Waals surface area contributed by atoms with E-state index in [4.69, 9.17) is 4.74 Å². The maximum absolute atomic E-state index is 13.1. The van der Waals surface area contributed by atoms with Crippen molar-refractivity contribution in [1.29, 1.82) is 0 Å². The molecular formula is C19H22N2O3. The van der Waals surface area contributed by atoms with E-state index in [1.807, 2.05) is 50.2 Å². The molecule has 1 fully saturated rings. The zero-order chi connectivity index (χ0) is 17.1. The molecule has 2 atom stereocenters. The zero-order valence-corrected chi connectivity index (χ0v) is 14.0. The number of aromatic nitrogens is 1. The first kappa shape index (κ1) is 16.6. The number of carbonyl (C=O) groups is 1. The van der Waals surface area contributed by atoms with Gasteiger partial charge in [0.15, 0.2) is 0 Å². The summed E-state index contributed by atoms with van der Waals surface area (Å²) in [5.74, 6) is -0.0822. The Hall–Kier alpha value is -2.24. The minimum absolute atomic E-state index is 0.0822. The average molecular weight is 326 g/mol. The summed E-state index contributed by atoms with van der Waals surface area (Å²) in [4.78, 5) is 19.1. The third-order valence-corrected chi connectivity index (χ3v) is 4.52. The van der Waals surface area contributed by atoms with Crippen LogP contribution in [-0.2, 0) is 4.74 Å². The van der Waals surface area contributed by atoms with Crippen molar-refractivity contribution in [2.45, 2.75) is 26.0 Å². The maximum atomic E-state index is 13.1. The largest absolute Gasteiger partial charge is 0.394 e. The molecule has 1 aliphatic heterocycles. The van der Waals surface area contributed by atoms with E-state index in [0.717, 1.165) is 16.8 Å². The number of rotatable bonds is 3. The van der Waals surface area contributed by atoms with E-state index in [1.165, 1.54) is 0 Å². The topological polar surface area (TPSA) is 62.7 Å². The number of hydrogen-bond donors (Lipinski definition) is 1. The van der Waals surface area contributed by atoms with Gasteiger partial charge in [-0.2, -0.15) is 0 Å². The highest BCUT2D eigenvalue weighted by atomic mass is 16.5. The van der Waals surface area contributed by atoms with Gasteiger partial charge in [0.1, 0.15) is 6.10 Å². The molecule has 0 radical (unpaired) electrons. The van der Waals surface area contributed by atoms with Crippen molar-refractivity contribution in [3.05, 3.63) is 65.0 Å². The molecule has 1 aliphatic rings. The van der Waals surface area contributed by atoms with Crippen LogP contribution < -0.4 is 0 Å². The van der Waals surface area contributed by atoms with Gasteiger partial charge in [-0.25, -0.2) is 0 Å². The predicted molar refractivity (Wildman–Crippen MR) is 90.8 cm³/mol. The monoisotopic (exact) mass is 326 g/mol. The van der Waals surface area contributed by atoms with Gasteiger partial charge in [-0.1, -0.05) is 30.3 Å². The van der Waals surface area contributed by atoms with Gasteiger partial charge >= 0.3 is 0 Å². The van der Waals surface area contributed by atoms with Crippen LogP contribution in [0.1, 0.15) is 33.2 Å². The Labute approximate surface area is 141 Å². The van der Waals surface area contributed by atoms with Crippen molar-refractivity contribution in [3.63, 3.8) is 0 Å². The number of morpholine rings is 1. The molecule has 2 heterocycles. The first-order valence-electron chi connectivity index (χ1n) is 8.13. The smallest absolute Gasteiger partial charge is 0.256 e. The average Bonchev–Trinajstić information content (AvgIpc) is 2.63. The third-order valence-electron chi connectivity index (χ3n) is 4.52. The first-order chi connectivity index (χ1) is 11.6. The Balaban J connectivity index is 1.96. The van der Waals surface area contributed by atoms with Gasteiger partial charge in [-0.3, -0.25) is 9.78 Å². The van der Waals surface area contributed by atoms with Crippen LogP contribution >= 0.6 is 0 Å². The molecule has 1 aromatic carbocycles. The van der Waals surface area contributed by atoms with E-state index in [9.17, 15) is 9.90 Å². The Bertz CT molecular complexity index is 718. The van der Waals surface area contributed by atoms with Crippen molar-refractivity contribution in [2.24, 2.45) is 0 Å². The molecule has 5 nitrogen and oxygen atoms in total. The number of aliphatic hydroxyl groups excluding tert-OH is 1. The van der Waals surface area contributed by atoms with Gasteiger partial charge in [0.25, 0.3) is 5.91 Å². The van der Waals surface area contributed by atoms with Crippen molar-refractivity contribution < 1.29 is 14.6 Å². The third kappa shape index (κ3) is 3.18. The fourth-order valence-electron chi connectivity index (χ4n) is 3.08. The number of aryl methyl sites for hydroxylation is 2. The molecule has 1 N–H and O–H groups in total. The summed E-state index contributed by atoms with van der Waals surface area (Å²) in [6.45, 7) is 4.64. The number of benzene rings is 1. The van der Waals surface area contributed by atoms with Crippen molar-refractivity contribution in [2.75, 3.05) is 19.8 Å². The molecule has 24 heavy (non-hydrogen) atoms. The quantitative estimate of drug-likeness (QED) is 0.940. The summed E-state index contributed by atoms with van der Waals surface area (Å²) < 4.78 is 5.69. The standard InChI is InChI=1S/C19H22N2O3/c1-13-10-16(11-20-14(13)2)19(23)21-8-9-24-17(12-22)18(21)15-6-4-3-5-7-15/h3-7,10-11,17-18,22H,8-9,12H2,1-2H3/t17-,18-/m1/s1. The molecule has 2 aromatic rings. The van der Waals surface area contributed by atoms with Crippen LogP contribution in [0.3, 0.4) is 0 Å². The number of nitrogens with zero attached hydrogens (tertiary/aromatic N) is 2. The molecule has 0 spiro atoms. The van der Waals surface area contributed by atoms with Crippen molar-refractivity contribution in [3.8, 4) is 0 Å². The second kappa shape index (κ2) is 7.11. The molecule has 1 saturated heterocycles. The Morgan fingerprint density at radius 1 is 1.33 bits per heavy atom. The fraction of sp³-hybridized carbons (Fsp3) is 0.368. The summed E-state index contributed by atoms with van der Waals surface area (Å²) in [5, 5.41) is 9.70. The van der Waals surface area contributed by atoms with E-state index in [-0.39, 0.29) is 18.6 Å². The number of aliphatic hydroxyl groups is 1. The van der Waals surface area contributed by atoms with Crippen LogP contribution in [0.25, 0.3) is 0 Å². The molecule has 0 aliphatic carbocycles. The number of pyridine rings is 1. The van der Waals surface area contributed by atoms with Gasteiger partial charge in [-0.05, 0) is 31.0 Å². The lowest BCUT2D eigenvalue weighted by molar-refractivity contribution is -0.0811. The van der Waals surface area contributed by atoms with Gasteiger partial charge in [-0.15, -0.1) is 0 Å². The van der Waals surface area contributed by atoms with E-state index in [2.05, 4.69) is 4.98 Å². The van der Waals surface area contributed by atoms with E-state index in [0.29, 0.717) is 18.7 Å². The summed E-state index contributed by atoms with van der Waals surface area (Å²) in [6.07, 6.45) is 1.19. The van der Waals surface area contributed by atoms with Gasteiger partial charge in [0.05, 0.1) is 24.8 Å². The van der Waals surface area contributed by atoms with Crippen LogP contribution in [0.2, 0.25) is 0 Å². The summed E-state index contributed by atoms with van der Waals surface area (Å²) in [7, 11) is 0. The molecule has 1 aromatic heterocycles. The number of ether oxygens (including phenoxy) is 1. The van der Waals surface area contributed by atoms with E-state index < -0.39 is 6.10 Å². The second-order valence-electron chi connectivity index (χ2n) is 6.07. The molecule has 3 rings (SSSR count). The number of amides is 1. The summed E-state index contributed by atoms with van der Waals surface area (Å²) >= 11 is 0. The minimum atomic E-state index is -0.426. The summed E-state index contributed by atoms with van der Waals surface area (Å²) in [5.41, 5.74) is 3.43.